The number of pyridine rings is 1. The molecule has 6 aromatic carbocycles. The zero-order valence-electron chi connectivity index (χ0n) is 19.0. The minimum atomic E-state index is 0. The molecule has 0 aliphatic rings. The molecule has 1 nitrogen and oxygen atoms in total. The molecule has 0 fully saturated rings. The van der Waals surface area contributed by atoms with Crippen LogP contribution in [0.25, 0.3) is 60.2 Å². The van der Waals surface area contributed by atoms with Gasteiger partial charge in [0.05, 0.1) is 10.8 Å². The monoisotopic (exact) mass is 467 g/mol. The van der Waals surface area contributed by atoms with Crippen LogP contribution in [0.15, 0.2) is 133 Å². The topological polar surface area (TPSA) is 3.88 Å². The highest BCUT2D eigenvalue weighted by Gasteiger charge is 2.26. The minimum Gasteiger partial charge on any atom is -1.00 e. The second-order valence-electron chi connectivity index (χ2n) is 8.77. The predicted molar refractivity (Wildman–Crippen MR) is 143 cm³/mol. The average molecular weight is 468 g/mol. The third-order valence-electron chi connectivity index (χ3n) is 6.87. The van der Waals surface area contributed by atoms with Crippen molar-refractivity contribution < 1.29 is 17.0 Å². The van der Waals surface area contributed by atoms with Gasteiger partial charge in [-0.3, -0.25) is 0 Å². The fourth-order valence-corrected chi connectivity index (χ4v) is 5.42. The molecule has 0 radical (unpaired) electrons. The van der Waals surface area contributed by atoms with E-state index in [-0.39, 0.29) is 12.4 Å². The van der Waals surface area contributed by atoms with Crippen molar-refractivity contribution in [1.29, 1.82) is 0 Å². The van der Waals surface area contributed by atoms with Gasteiger partial charge in [-0.1, -0.05) is 97.1 Å². The van der Waals surface area contributed by atoms with Crippen molar-refractivity contribution in [2.45, 2.75) is 0 Å². The van der Waals surface area contributed by atoms with Gasteiger partial charge in [0.25, 0.3) is 0 Å². The summed E-state index contributed by atoms with van der Waals surface area (Å²) in [7, 11) is 0. The van der Waals surface area contributed by atoms with Crippen LogP contribution in [-0.2, 0) is 0 Å². The SMILES string of the molecule is [Cl-].c1ccc(-c2c3c4ccccc4ccc3[n+](-c3ccccc3)c3ccc4ccccc4c23)cc1. The summed E-state index contributed by atoms with van der Waals surface area (Å²) in [6.07, 6.45) is 0. The second-order valence-corrected chi connectivity index (χ2v) is 8.77. The largest absolute Gasteiger partial charge is 1.00 e. The molecule has 0 unspecified atom stereocenters. The first-order valence-corrected chi connectivity index (χ1v) is 11.7. The number of hydrogen-bond donors (Lipinski definition) is 0. The van der Waals surface area contributed by atoms with Crippen molar-refractivity contribution in [1.82, 2.24) is 0 Å². The molecule has 1 heterocycles. The summed E-state index contributed by atoms with van der Waals surface area (Å²) < 4.78 is 2.43. The number of rotatable bonds is 2. The predicted octanol–water partition coefficient (Wildman–Crippen LogP) is 5.25. The van der Waals surface area contributed by atoms with Crippen molar-refractivity contribution in [3.05, 3.63) is 133 Å². The van der Waals surface area contributed by atoms with E-state index >= 15 is 0 Å². The minimum absolute atomic E-state index is 0. The molecule has 2 heteroatoms. The Morgan fingerprint density at radius 1 is 0.400 bits per heavy atom. The van der Waals surface area contributed by atoms with Gasteiger partial charge < -0.3 is 12.4 Å². The van der Waals surface area contributed by atoms with E-state index in [1.54, 1.807) is 0 Å². The van der Waals surface area contributed by atoms with E-state index in [2.05, 4.69) is 138 Å². The van der Waals surface area contributed by atoms with Crippen molar-refractivity contribution in [2.24, 2.45) is 0 Å². The number of nitrogens with zero attached hydrogens (tertiary/aromatic N) is 1. The summed E-state index contributed by atoms with van der Waals surface area (Å²) in [5.41, 5.74) is 6.14. The zero-order chi connectivity index (χ0) is 22.5. The molecule has 0 saturated heterocycles. The van der Waals surface area contributed by atoms with Gasteiger partial charge in [0.2, 0.25) is 16.7 Å². The average Bonchev–Trinajstić information content (AvgIpc) is 2.92. The Morgan fingerprint density at radius 3 is 1.40 bits per heavy atom. The molecule has 0 aliphatic carbocycles. The normalized spacial score (nSPS) is 11.2. The van der Waals surface area contributed by atoms with Crippen molar-refractivity contribution in [2.75, 3.05) is 0 Å². The van der Waals surface area contributed by atoms with Crippen LogP contribution in [0, 0.1) is 0 Å². The fraction of sp³-hybridized carbons (Fsp3) is 0. The Kier molecular flexibility index (Phi) is 5.21. The van der Waals surface area contributed by atoms with E-state index in [0.717, 1.165) is 0 Å². The van der Waals surface area contributed by atoms with Crippen LogP contribution >= 0.6 is 0 Å². The summed E-state index contributed by atoms with van der Waals surface area (Å²) in [6.45, 7) is 0. The van der Waals surface area contributed by atoms with Gasteiger partial charge in [0, 0.05) is 29.8 Å². The molecule has 35 heavy (non-hydrogen) atoms. The molecule has 1 aromatic heterocycles. The second kappa shape index (κ2) is 8.54. The molecule has 0 spiro atoms. The number of hydrogen-bond acceptors (Lipinski definition) is 0. The highest BCUT2D eigenvalue weighted by atomic mass is 35.5. The van der Waals surface area contributed by atoms with E-state index in [4.69, 9.17) is 0 Å². The van der Waals surface area contributed by atoms with Crippen LogP contribution in [0.3, 0.4) is 0 Å². The van der Waals surface area contributed by atoms with Gasteiger partial charge in [-0.25, -0.2) is 0 Å². The van der Waals surface area contributed by atoms with E-state index in [9.17, 15) is 0 Å². The first kappa shape index (κ1) is 21.3. The van der Waals surface area contributed by atoms with Crippen LogP contribution in [-0.4, -0.2) is 0 Å². The maximum atomic E-state index is 2.43. The Labute approximate surface area is 210 Å². The summed E-state index contributed by atoms with van der Waals surface area (Å²) in [4.78, 5) is 0. The van der Waals surface area contributed by atoms with Crippen LogP contribution in [0.5, 0.6) is 0 Å². The van der Waals surface area contributed by atoms with Crippen molar-refractivity contribution >= 4 is 43.4 Å². The lowest BCUT2D eigenvalue weighted by Crippen LogP contribution is -3.00. The molecule has 0 N–H and O–H groups in total. The highest BCUT2D eigenvalue weighted by Crippen LogP contribution is 2.41. The lowest BCUT2D eigenvalue weighted by Gasteiger charge is -2.16. The standard InChI is InChI=1S/C33H22N.ClH/c1-3-13-25(14-4-1)31-32-27-17-9-7-11-23(27)19-21-29(32)34(26-15-5-2-6-16-26)30-22-20-24-12-8-10-18-28(24)33(30)31;/h1-22H;1H/q+1;/p-1. The Bertz CT molecular complexity index is 1740. The molecule has 7 aromatic rings. The van der Waals surface area contributed by atoms with Gasteiger partial charge in [0.15, 0.2) is 0 Å². The van der Waals surface area contributed by atoms with Crippen LogP contribution < -0.4 is 17.0 Å². The van der Waals surface area contributed by atoms with Crippen molar-refractivity contribution in [3.63, 3.8) is 0 Å². The Hall–Kier alpha value is -4.20. The van der Waals surface area contributed by atoms with Gasteiger partial charge in [0.1, 0.15) is 0 Å². The van der Waals surface area contributed by atoms with E-state index in [1.165, 1.54) is 60.2 Å². The third kappa shape index (κ3) is 3.28. The van der Waals surface area contributed by atoms with E-state index in [0.29, 0.717) is 0 Å². The number of para-hydroxylation sites is 1. The maximum Gasteiger partial charge on any atom is 0.220 e. The molecule has 7 rings (SSSR count). The molecule has 0 bridgehead atoms. The summed E-state index contributed by atoms with van der Waals surface area (Å²) in [6, 6.07) is 48.1. The van der Waals surface area contributed by atoms with Gasteiger partial charge in [-0.05, 0) is 39.2 Å². The number of benzene rings is 6. The van der Waals surface area contributed by atoms with Crippen LogP contribution in [0.4, 0.5) is 0 Å². The zero-order valence-corrected chi connectivity index (χ0v) is 19.8. The molecule has 0 amide bonds. The van der Waals surface area contributed by atoms with Crippen molar-refractivity contribution in [3.8, 4) is 16.8 Å². The molecule has 0 atom stereocenters. The Morgan fingerprint density at radius 2 is 0.857 bits per heavy atom. The smallest absolute Gasteiger partial charge is 0.220 e. The molecule has 166 valence electrons. The van der Waals surface area contributed by atoms with Crippen LogP contribution in [0.2, 0.25) is 0 Å². The third-order valence-corrected chi connectivity index (χ3v) is 6.87. The van der Waals surface area contributed by atoms with E-state index in [1.807, 2.05) is 0 Å². The lowest BCUT2D eigenvalue weighted by atomic mass is 9.90. The van der Waals surface area contributed by atoms with Crippen LogP contribution in [0.1, 0.15) is 0 Å². The van der Waals surface area contributed by atoms with Gasteiger partial charge in [-0.15, -0.1) is 0 Å². The molecular weight excluding hydrogens is 446 g/mol. The number of halogens is 1. The first-order chi connectivity index (χ1) is 16.9. The first-order valence-electron chi connectivity index (χ1n) is 11.7. The highest BCUT2D eigenvalue weighted by molar-refractivity contribution is 6.23. The van der Waals surface area contributed by atoms with Gasteiger partial charge in [-0.2, -0.15) is 4.57 Å². The summed E-state index contributed by atoms with van der Waals surface area (Å²) >= 11 is 0. The summed E-state index contributed by atoms with van der Waals surface area (Å²) in [5.74, 6) is 0. The lowest BCUT2D eigenvalue weighted by molar-refractivity contribution is -0.537. The molecular formula is C33H22ClN. The molecule has 0 saturated carbocycles. The Balaban J connectivity index is 0.00000229. The number of aromatic nitrogens is 1. The maximum absolute atomic E-state index is 2.43. The quantitative estimate of drug-likeness (QED) is 0.186. The van der Waals surface area contributed by atoms with E-state index < -0.39 is 0 Å². The summed E-state index contributed by atoms with van der Waals surface area (Å²) in [5, 5.41) is 7.64. The fourth-order valence-electron chi connectivity index (χ4n) is 5.42. The van der Waals surface area contributed by atoms with Gasteiger partial charge >= 0.3 is 0 Å². The number of fused-ring (bicyclic) bond motifs is 6. The molecule has 0 aliphatic heterocycles.